The minimum absolute atomic E-state index is 0.112. The van der Waals surface area contributed by atoms with Crippen LogP contribution in [0.3, 0.4) is 0 Å². The van der Waals surface area contributed by atoms with E-state index < -0.39 is 0 Å². The first-order chi connectivity index (χ1) is 12.1. The van der Waals surface area contributed by atoms with E-state index in [1.165, 1.54) is 0 Å². The molecule has 2 atom stereocenters. The maximum absolute atomic E-state index is 10.2. The van der Waals surface area contributed by atoms with Crippen molar-refractivity contribution in [2.75, 3.05) is 33.4 Å². The number of benzene rings is 1. The molecule has 2 aliphatic heterocycles. The summed E-state index contributed by atoms with van der Waals surface area (Å²) >= 11 is 0. The van der Waals surface area contributed by atoms with Gasteiger partial charge in [-0.2, -0.15) is 0 Å². The molecule has 4 rings (SSSR count). The molecule has 0 unspecified atom stereocenters. The first-order valence-electron chi connectivity index (χ1n) is 8.62. The van der Waals surface area contributed by atoms with Crippen LogP contribution in [0.15, 0.2) is 22.7 Å². The number of aliphatic hydroxyl groups is 1. The molecule has 0 saturated carbocycles. The molecule has 6 heteroatoms. The number of aromatic nitrogens is 1. The van der Waals surface area contributed by atoms with Gasteiger partial charge in [0.15, 0.2) is 0 Å². The van der Waals surface area contributed by atoms with Crippen molar-refractivity contribution in [1.82, 2.24) is 10.1 Å². The van der Waals surface area contributed by atoms with Crippen molar-refractivity contribution in [3.8, 4) is 11.5 Å². The molecule has 0 spiro atoms. The maximum atomic E-state index is 10.2. The number of aryl methyl sites for hydroxylation is 2. The number of ether oxygens (including phenoxy) is 2. The van der Waals surface area contributed by atoms with Crippen LogP contribution in [0.5, 0.6) is 11.5 Å². The summed E-state index contributed by atoms with van der Waals surface area (Å²) in [6, 6.07) is 5.97. The van der Waals surface area contributed by atoms with Crippen LogP contribution in [0.25, 0.3) is 0 Å². The molecule has 0 aliphatic carbocycles. The van der Waals surface area contributed by atoms with Gasteiger partial charge in [0.1, 0.15) is 17.3 Å². The van der Waals surface area contributed by atoms with Crippen LogP contribution in [0.1, 0.15) is 28.5 Å². The van der Waals surface area contributed by atoms with Crippen LogP contribution in [0.4, 0.5) is 0 Å². The highest BCUT2D eigenvalue weighted by Crippen LogP contribution is 2.50. The van der Waals surface area contributed by atoms with Crippen LogP contribution >= 0.6 is 0 Å². The average molecular weight is 344 g/mol. The molecule has 2 aliphatic rings. The van der Waals surface area contributed by atoms with Crippen LogP contribution in [-0.2, 0) is 6.54 Å². The van der Waals surface area contributed by atoms with Crippen LogP contribution < -0.4 is 9.47 Å². The van der Waals surface area contributed by atoms with Gasteiger partial charge in [-0.1, -0.05) is 11.2 Å². The molecular weight excluding hydrogens is 320 g/mol. The lowest BCUT2D eigenvalue weighted by Crippen LogP contribution is -2.42. The van der Waals surface area contributed by atoms with Gasteiger partial charge in [0.25, 0.3) is 0 Å². The molecule has 1 N–H and O–H groups in total. The van der Waals surface area contributed by atoms with Gasteiger partial charge < -0.3 is 19.1 Å². The predicted octanol–water partition coefficient (Wildman–Crippen LogP) is 2.27. The fourth-order valence-corrected chi connectivity index (χ4v) is 4.20. The summed E-state index contributed by atoms with van der Waals surface area (Å²) in [5.74, 6) is 2.77. The van der Waals surface area contributed by atoms with Crippen molar-refractivity contribution in [2.45, 2.75) is 26.3 Å². The van der Waals surface area contributed by atoms with E-state index in [4.69, 9.17) is 14.0 Å². The molecule has 2 aromatic rings. The van der Waals surface area contributed by atoms with E-state index in [9.17, 15) is 5.11 Å². The Kier molecular flexibility index (Phi) is 3.96. The second kappa shape index (κ2) is 6.04. The molecule has 1 fully saturated rings. The normalized spacial score (nSPS) is 25.4. The first kappa shape index (κ1) is 16.4. The van der Waals surface area contributed by atoms with Crippen LogP contribution in [0.2, 0.25) is 0 Å². The second-order valence-corrected chi connectivity index (χ2v) is 7.24. The zero-order valence-corrected chi connectivity index (χ0v) is 14.9. The average Bonchev–Trinajstić information content (AvgIpc) is 3.16. The van der Waals surface area contributed by atoms with Gasteiger partial charge in [0, 0.05) is 42.6 Å². The van der Waals surface area contributed by atoms with E-state index in [2.05, 4.69) is 16.1 Å². The summed E-state index contributed by atoms with van der Waals surface area (Å²) in [7, 11) is 1.66. The number of aliphatic hydroxyl groups excluding tert-OH is 1. The van der Waals surface area contributed by atoms with Crippen molar-refractivity contribution < 1.29 is 19.1 Å². The summed E-state index contributed by atoms with van der Waals surface area (Å²) < 4.78 is 16.6. The van der Waals surface area contributed by atoms with E-state index in [-0.39, 0.29) is 17.9 Å². The van der Waals surface area contributed by atoms with E-state index in [1.54, 1.807) is 7.11 Å². The Morgan fingerprint density at radius 2 is 2.24 bits per heavy atom. The number of likely N-dealkylation sites (tertiary alicyclic amines) is 1. The number of hydrogen-bond acceptors (Lipinski definition) is 6. The highest BCUT2D eigenvalue weighted by molar-refractivity contribution is 5.46. The van der Waals surface area contributed by atoms with E-state index >= 15 is 0 Å². The molecule has 1 aromatic carbocycles. The molecule has 134 valence electrons. The third kappa shape index (κ3) is 2.60. The maximum Gasteiger partial charge on any atom is 0.138 e. The fraction of sp³-hybridized carbons (Fsp3) is 0.526. The minimum Gasteiger partial charge on any atom is -0.497 e. The highest BCUT2D eigenvalue weighted by atomic mass is 16.5. The Morgan fingerprint density at radius 3 is 2.92 bits per heavy atom. The number of nitrogens with zero attached hydrogens (tertiary/aromatic N) is 2. The van der Waals surface area contributed by atoms with Gasteiger partial charge in [0.05, 0.1) is 26.0 Å². The SMILES string of the molecule is COc1ccc2c(c1)OC[C@@]1(CO)CN(Cc3c(C)noc3C)C[C@@H]21. The molecule has 1 saturated heterocycles. The third-order valence-electron chi connectivity index (χ3n) is 5.71. The Hall–Kier alpha value is -2.05. The smallest absolute Gasteiger partial charge is 0.138 e. The molecule has 1 aromatic heterocycles. The summed E-state index contributed by atoms with van der Waals surface area (Å²) in [4.78, 5) is 2.37. The van der Waals surface area contributed by atoms with Crippen LogP contribution in [-0.4, -0.2) is 48.6 Å². The highest BCUT2D eigenvalue weighted by Gasteiger charge is 2.51. The number of methoxy groups -OCH3 is 1. The van der Waals surface area contributed by atoms with Gasteiger partial charge in [-0.05, 0) is 25.5 Å². The van der Waals surface area contributed by atoms with Gasteiger partial charge >= 0.3 is 0 Å². The Bertz CT molecular complexity index is 768. The molecule has 0 radical (unpaired) electrons. The molecule has 6 nitrogen and oxygen atoms in total. The van der Waals surface area contributed by atoms with E-state index in [1.807, 2.05) is 26.0 Å². The molecule has 0 bridgehead atoms. The number of fused-ring (bicyclic) bond motifs is 3. The Balaban J connectivity index is 1.63. The molecule has 0 amide bonds. The zero-order chi connectivity index (χ0) is 17.6. The summed E-state index contributed by atoms with van der Waals surface area (Å²) in [6.07, 6.45) is 0. The lowest BCUT2D eigenvalue weighted by molar-refractivity contribution is 0.0456. The lowest BCUT2D eigenvalue weighted by atomic mass is 9.74. The Morgan fingerprint density at radius 1 is 1.40 bits per heavy atom. The largest absolute Gasteiger partial charge is 0.497 e. The van der Waals surface area contributed by atoms with Crippen molar-refractivity contribution in [3.63, 3.8) is 0 Å². The standard InChI is InChI=1S/C19H24N2O4/c1-12-16(13(2)25-20-12)7-21-8-17-15-5-4-14(23-3)6-18(15)24-11-19(17,9-21)10-22/h4-6,17,22H,7-11H2,1-3H3/t17-,19-/m0/s1. The fourth-order valence-electron chi connectivity index (χ4n) is 4.20. The predicted molar refractivity (Wildman–Crippen MR) is 92.0 cm³/mol. The van der Waals surface area contributed by atoms with E-state index in [0.717, 1.165) is 53.7 Å². The molecular formula is C19H24N2O4. The monoisotopic (exact) mass is 344 g/mol. The minimum atomic E-state index is -0.263. The topological polar surface area (TPSA) is 68.0 Å². The van der Waals surface area contributed by atoms with Gasteiger partial charge in [-0.25, -0.2) is 0 Å². The van der Waals surface area contributed by atoms with Crippen molar-refractivity contribution in [3.05, 3.63) is 40.8 Å². The van der Waals surface area contributed by atoms with Crippen molar-refractivity contribution in [1.29, 1.82) is 0 Å². The van der Waals surface area contributed by atoms with Crippen molar-refractivity contribution >= 4 is 0 Å². The van der Waals surface area contributed by atoms with Gasteiger partial charge in [-0.15, -0.1) is 0 Å². The number of hydrogen-bond donors (Lipinski definition) is 1. The molecule has 25 heavy (non-hydrogen) atoms. The summed E-state index contributed by atoms with van der Waals surface area (Å²) in [5, 5.41) is 14.2. The summed E-state index contributed by atoms with van der Waals surface area (Å²) in [5.41, 5.74) is 2.97. The first-order valence-corrected chi connectivity index (χ1v) is 8.62. The van der Waals surface area contributed by atoms with E-state index in [0.29, 0.717) is 6.61 Å². The van der Waals surface area contributed by atoms with Crippen LogP contribution in [0, 0.1) is 19.3 Å². The molecule has 3 heterocycles. The third-order valence-corrected chi connectivity index (χ3v) is 5.71. The lowest BCUT2D eigenvalue weighted by Gasteiger charge is -2.38. The summed E-state index contributed by atoms with van der Waals surface area (Å²) in [6.45, 7) is 7.02. The zero-order valence-electron chi connectivity index (χ0n) is 14.9. The Labute approximate surface area is 147 Å². The second-order valence-electron chi connectivity index (χ2n) is 7.24. The van der Waals surface area contributed by atoms with Gasteiger partial charge in [0.2, 0.25) is 0 Å². The number of rotatable bonds is 4. The van der Waals surface area contributed by atoms with Gasteiger partial charge in [-0.3, -0.25) is 4.90 Å². The van der Waals surface area contributed by atoms with Crippen molar-refractivity contribution in [2.24, 2.45) is 5.41 Å². The quantitative estimate of drug-likeness (QED) is 0.918.